The Morgan fingerprint density at radius 2 is 1.82 bits per heavy atom. The number of imidazole rings is 1. The van der Waals surface area contributed by atoms with E-state index in [0.717, 1.165) is 5.56 Å². The van der Waals surface area contributed by atoms with Crippen LogP contribution >= 0.6 is 0 Å². The van der Waals surface area contributed by atoms with Crippen LogP contribution in [-0.4, -0.2) is 26.2 Å². The number of fused-ring (bicyclic) bond motifs is 2. The summed E-state index contributed by atoms with van der Waals surface area (Å²) in [6, 6.07) is 9.91. The van der Waals surface area contributed by atoms with E-state index in [2.05, 4.69) is 15.0 Å². The molecule has 2 aromatic carbocycles. The highest BCUT2D eigenvalue weighted by molar-refractivity contribution is 5.89. The molecule has 28 heavy (non-hydrogen) atoms. The number of hydrogen-bond acceptors (Lipinski definition) is 2. The van der Waals surface area contributed by atoms with Crippen LogP contribution in [0.1, 0.15) is 42.3 Å². The van der Waals surface area contributed by atoms with E-state index in [0.29, 0.717) is 27.5 Å². The molecule has 0 saturated carbocycles. The first-order chi connectivity index (χ1) is 13.1. The number of H-pyrrole nitrogens is 2. The van der Waals surface area contributed by atoms with Gasteiger partial charge in [0, 0.05) is 22.7 Å². The fraction of sp³-hybridized carbons (Fsp3) is 0.286. The van der Waals surface area contributed by atoms with Crippen molar-refractivity contribution < 1.29 is 18.3 Å². The summed E-state index contributed by atoms with van der Waals surface area (Å²) in [5.41, 5.74) is -0.840. The lowest BCUT2D eigenvalue weighted by Gasteiger charge is -2.32. The molecule has 0 aliphatic carbocycles. The maximum atomic E-state index is 14.5. The molecule has 0 aliphatic rings. The molecule has 3 N–H and O–H groups in total. The van der Waals surface area contributed by atoms with Crippen LogP contribution in [-0.2, 0) is 5.60 Å². The molecule has 0 amide bonds. The molecule has 0 bridgehead atoms. The van der Waals surface area contributed by atoms with Gasteiger partial charge >= 0.3 is 6.18 Å². The van der Waals surface area contributed by atoms with E-state index in [1.807, 2.05) is 20.8 Å². The van der Waals surface area contributed by atoms with Crippen molar-refractivity contribution in [2.45, 2.75) is 38.5 Å². The molecule has 7 heteroatoms. The van der Waals surface area contributed by atoms with Crippen molar-refractivity contribution in [2.75, 3.05) is 0 Å². The smallest absolute Gasteiger partial charge is 0.370 e. The second-order valence-electron chi connectivity index (χ2n) is 7.39. The highest BCUT2D eigenvalue weighted by atomic mass is 19.4. The van der Waals surface area contributed by atoms with E-state index in [-0.39, 0.29) is 11.5 Å². The van der Waals surface area contributed by atoms with Gasteiger partial charge in [-0.3, -0.25) is 0 Å². The Kier molecular flexibility index (Phi) is 4.04. The number of aryl methyl sites for hydroxylation is 1. The van der Waals surface area contributed by atoms with Gasteiger partial charge in [-0.05, 0) is 42.2 Å². The predicted octanol–water partition coefficient (Wildman–Crippen LogP) is 5.27. The molecule has 1 unspecified atom stereocenters. The topological polar surface area (TPSA) is 64.7 Å². The molecule has 0 spiro atoms. The molecule has 4 aromatic rings. The number of aliphatic hydroxyl groups is 1. The number of hydrogen-bond donors (Lipinski definition) is 3. The molecule has 146 valence electrons. The molecule has 0 radical (unpaired) electrons. The number of rotatable bonds is 3. The summed E-state index contributed by atoms with van der Waals surface area (Å²) < 4.78 is 43.4. The Balaban J connectivity index is 2.14. The van der Waals surface area contributed by atoms with Gasteiger partial charge in [0.25, 0.3) is 0 Å². The Morgan fingerprint density at radius 3 is 2.46 bits per heavy atom. The summed E-state index contributed by atoms with van der Waals surface area (Å²) in [5, 5.41) is 11.6. The summed E-state index contributed by atoms with van der Waals surface area (Å²) in [7, 11) is 0. The predicted molar refractivity (Wildman–Crippen MR) is 102 cm³/mol. The van der Waals surface area contributed by atoms with Crippen LogP contribution < -0.4 is 0 Å². The first-order valence-electron chi connectivity index (χ1n) is 9.00. The van der Waals surface area contributed by atoms with Crippen molar-refractivity contribution in [3.8, 4) is 0 Å². The summed E-state index contributed by atoms with van der Waals surface area (Å²) in [6.07, 6.45) is -3.40. The van der Waals surface area contributed by atoms with Crippen LogP contribution in [0.2, 0.25) is 0 Å². The zero-order valence-electron chi connectivity index (χ0n) is 15.6. The first-order valence-corrected chi connectivity index (χ1v) is 9.00. The minimum absolute atomic E-state index is 0.184. The lowest BCUT2D eigenvalue weighted by atomic mass is 9.81. The van der Waals surface area contributed by atoms with Crippen molar-refractivity contribution in [3.05, 3.63) is 65.1 Å². The summed E-state index contributed by atoms with van der Waals surface area (Å²) in [6.45, 7) is 5.46. The number of halogens is 3. The van der Waals surface area contributed by atoms with Crippen molar-refractivity contribution >= 4 is 21.9 Å². The van der Waals surface area contributed by atoms with Crippen molar-refractivity contribution in [2.24, 2.45) is 0 Å². The number of para-hydroxylation sites is 2. The highest BCUT2D eigenvalue weighted by Crippen LogP contribution is 2.48. The lowest BCUT2D eigenvalue weighted by Crippen LogP contribution is -2.45. The molecule has 0 fully saturated rings. The molecule has 2 aromatic heterocycles. The van der Waals surface area contributed by atoms with Gasteiger partial charge in [0.1, 0.15) is 0 Å². The molecule has 4 nitrogen and oxygen atoms in total. The quantitative estimate of drug-likeness (QED) is 0.448. The van der Waals surface area contributed by atoms with Crippen LogP contribution in [0.15, 0.2) is 42.6 Å². The third-order valence-corrected chi connectivity index (χ3v) is 5.20. The Morgan fingerprint density at radius 1 is 1.11 bits per heavy atom. The lowest BCUT2D eigenvalue weighted by molar-refractivity contribution is -0.250. The molecular weight excluding hydrogens is 367 g/mol. The van der Waals surface area contributed by atoms with Gasteiger partial charge < -0.3 is 15.1 Å². The third kappa shape index (κ3) is 2.53. The second kappa shape index (κ2) is 6.10. The van der Waals surface area contributed by atoms with Crippen LogP contribution in [0.25, 0.3) is 21.9 Å². The van der Waals surface area contributed by atoms with E-state index in [4.69, 9.17) is 0 Å². The van der Waals surface area contributed by atoms with Gasteiger partial charge in [0.15, 0.2) is 5.82 Å². The summed E-state index contributed by atoms with van der Waals surface area (Å²) in [5.74, 6) is -0.763. The average molecular weight is 387 g/mol. The molecule has 4 rings (SSSR count). The van der Waals surface area contributed by atoms with Gasteiger partial charge in [-0.15, -0.1) is 0 Å². The van der Waals surface area contributed by atoms with E-state index >= 15 is 0 Å². The van der Waals surface area contributed by atoms with Gasteiger partial charge in [-0.2, -0.15) is 13.2 Å². The summed E-state index contributed by atoms with van der Waals surface area (Å²) >= 11 is 0. The Bertz CT molecular complexity index is 1140. The third-order valence-electron chi connectivity index (χ3n) is 5.20. The maximum absolute atomic E-state index is 14.5. The van der Waals surface area contributed by atoms with Crippen LogP contribution in [0.5, 0.6) is 0 Å². The first kappa shape index (κ1) is 18.6. The minimum atomic E-state index is -4.98. The van der Waals surface area contributed by atoms with Crippen molar-refractivity contribution in [1.29, 1.82) is 0 Å². The van der Waals surface area contributed by atoms with Crippen LogP contribution in [0.4, 0.5) is 13.2 Å². The number of benzene rings is 2. The molecular formula is C21H20F3N3O. The number of nitrogens with zero attached hydrogens (tertiary/aromatic N) is 1. The van der Waals surface area contributed by atoms with Gasteiger partial charge in [-0.1, -0.05) is 32.0 Å². The molecule has 1 atom stereocenters. The molecule has 2 heterocycles. The van der Waals surface area contributed by atoms with Crippen LogP contribution in [0, 0.1) is 6.92 Å². The largest absolute Gasteiger partial charge is 0.428 e. The fourth-order valence-electron chi connectivity index (χ4n) is 3.81. The van der Waals surface area contributed by atoms with Crippen molar-refractivity contribution in [1.82, 2.24) is 15.0 Å². The Hall–Kier alpha value is -2.80. The van der Waals surface area contributed by atoms with E-state index in [1.165, 1.54) is 0 Å². The number of nitrogens with one attached hydrogen (secondary N) is 2. The second-order valence-corrected chi connectivity index (χ2v) is 7.39. The van der Waals surface area contributed by atoms with E-state index in [1.54, 1.807) is 42.6 Å². The monoisotopic (exact) mass is 387 g/mol. The number of aromatic nitrogens is 3. The van der Waals surface area contributed by atoms with E-state index < -0.39 is 17.6 Å². The zero-order valence-corrected chi connectivity index (χ0v) is 15.6. The zero-order chi connectivity index (χ0) is 20.3. The fourth-order valence-corrected chi connectivity index (χ4v) is 3.81. The van der Waals surface area contributed by atoms with Crippen LogP contribution in [0.3, 0.4) is 0 Å². The van der Waals surface area contributed by atoms with Gasteiger partial charge in [0.2, 0.25) is 5.60 Å². The van der Waals surface area contributed by atoms with Crippen molar-refractivity contribution in [3.63, 3.8) is 0 Å². The Labute approximate surface area is 159 Å². The normalized spacial score (nSPS) is 14.9. The highest BCUT2D eigenvalue weighted by Gasteiger charge is 2.60. The number of aromatic amines is 2. The standard InChI is InChI=1S/C21H20F3N3O/c1-11(2)14-10-12(3)18-13(8-9-25-18)17(14)20(28,21(22,23)24)19-26-15-6-4-5-7-16(15)27-19/h4-11,25,28H,1-3H3,(H,26,27). The summed E-state index contributed by atoms with van der Waals surface area (Å²) in [4.78, 5) is 9.78. The van der Waals surface area contributed by atoms with E-state index in [9.17, 15) is 18.3 Å². The van der Waals surface area contributed by atoms with Gasteiger partial charge in [-0.25, -0.2) is 4.98 Å². The molecule has 0 aliphatic heterocycles. The maximum Gasteiger partial charge on any atom is 0.428 e. The minimum Gasteiger partial charge on any atom is -0.370 e. The van der Waals surface area contributed by atoms with Gasteiger partial charge in [0.05, 0.1) is 11.0 Å². The SMILES string of the molecule is Cc1cc(C(C)C)c(C(O)(c2nc3ccccc3[nH]2)C(F)(F)F)c2cc[nH]c12. The average Bonchev–Trinajstić information content (AvgIpc) is 3.27. The molecule has 0 saturated heterocycles. The number of alkyl halides is 3.